The monoisotopic (exact) mass is 717 g/mol. The lowest BCUT2D eigenvalue weighted by Gasteiger charge is -2.34. The van der Waals surface area contributed by atoms with Gasteiger partial charge in [-0.05, 0) is 58.4 Å². The highest BCUT2D eigenvalue weighted by Gasteiger charge is 2.34. The second-order valence-corrected chi connectivity index (χ2v) is 15.1. The molecule has 11 nitrogen and oxygen atoms in total. The Labute approximate surface area is 302 Å². The quantitative estimate of drug-likeness (QED) is 0.0850. The Morgan fingerprint density at radius 3 is 2.26 bits per heavy atom. The molecule has 1 aromatic heterocycles. The maximum Gasteiger partial charge on any atom is 0.410 e. The number of carbonyl (C=O) groups is 4. The molecule has 50 heavy (non-hydrogen) atoms. The summed E-state index contributed by atoms with van der Waals surface area (Å²) in [5.74, 6) is -1.66. The first-order valence-electron chi connectivity index (χ1n) is 17.8. The second kappa shape index (κ2) is 21.0. The topological polar surface area (TPSA) is 133 Å². The fourth-order valence-electron chi connectivity index (χ4n) is 5.49. The van der Waals surface area contributed by atoms with Gasteiger partial charge in [0.1, 0.15) is 16.3 Å². The lowest BCUT2D eigenvalue weighted by Crippen LogP contribution is -2.44. The first kappa shape index (κ1) is 42.7. The molecule has 0 bridgehead atoms. The molecule has 2 aromatic rings. The minimum Gasteiger partial charge on any atom is -0.466 e. The molecule has 0 spiro atoms. The van der Waals surface area contributed by atoms with E-state index in [2.05, 4.69) is 12.2 Å². The largest absolute Gasteiger partial charge is 0.466 e. The lowest BCUT2D eigenvalue weighted by atomic mass is 9.96. The van der Waals surface area contributed by atoms with E-state index in [9.17, 15) is 19.2 Å². The number of ether oxygens (including phenoxy) is 4. The van der Waals surface area contributed by atoms with E-state index in [4.69, 9.17) is 23.9 Å². The van der Waals surface area contributed by atoms with Crippen LogP contribution in [0.3, 0.4) is 0 Å². The van der Waals surface area contributed by atoms with Gasteiger partial charge in [0.05, 0.1) is 19.1 Å². The van der Waals surface area contributed by atoms with Crippen LogP contribution >= 0.6 is 11.3 Å². The smallest absolute Gasteiger partial charge is 0.410 e. The average molecular weight is 718 g/mol. The number of benzene rings is 1. The van der Waals surface area contributed by atoms with Gasteiger partial charge >= 0.3 is 18.0 Å². The van der Waals surface area contributed by atoms with Crippen LogP contribution in [-0.4, -0.2) is 78.4 Å². The molecule has 0 unspecified atom stereocenters. The zero-order valence-corrected chi connectivity index (χ0v) is 32.5. The van der Waals surface area contributed by atoms with Crippen molar-refractivity contribution < 1.29 is 38.1 Å². The van der Waals surface area contributed by atoms with Gasteiger partial charge in [0.25, 0.3) is 5.91 Å². The molecule has 0 fully saturated rings. The number of esters is 2. The highest BCUT2D eigenvalue weighted by atomic mass is 32.1. The van der Waals surface area contributed by atoms with E-state index in [1.54, 1.807) is 20.9 Å². The minimum absolute atomic E-state index is 0.0140. The normalized spacial score (nSPS) is 14.0. The first-order valence-corrected chi connectivity index (χ1v) is 18.6. The summed E-state index contributed by atoms with van der Waals surface area (Å²) in [4.78, 5) is 59.2. The van der Waals surface area contributed by atoms with Gasteiger partial charge in [-0.15, -0.1) is 11.3 Å². The summed E-state index contributed by atoms with van der Waals surface area (Å²) in [6.07, 6.45) is 2.19. The Bertz CT molecular complexity index is 1360. The zero-order valence-electron chi connectivity index (χ0n) is 31.7. The Kier molecular flexibility index (Phi) is 17.9. The number of nitrogens with zero attached hydrogens (tertiary/aromatic N) is 2. The van der Waals surface area contributed by atoms with Crippen LogP contribution in [0.2, 0.25) is 0 Å². The Morgan fingerprint density at radius 2 is 1.68 bits per heavy atom. The standard InChI is InChI=1S/C38H59N3O8S/c1-11-13-20-46-21-19-32-33(34(43)39-29(22-26(5)36(44)47-12-2)23-28-17-15-14-16-18-28)40-35(50-32)31(48-27(6)42)24-30(25(3)4)41(10)37(45)49-38(7,8)9/h14-18,25-26,29-31H,11-13,19-24H2,1-10H3,(H,39,43)/t26-,29+,30+,31+/m0/s1. The van der Waals surface area contributed by atoms with Gasteiger partial charge in [0.2, 0.25) is 0 Å². The summed E-state index contributed by atoms with van der Waals surface area (Å²) < 4.78 is 22.6. The zero-order chi connectivity index (χ0) is 37.4. The number of hydrogen-bond acceptors (Lipinski definition) is 10. The van der Waals surface area contributed by atoms with Gasteiger partial charge in [-0.3, -0.25) is 14.4 Å². The minimum atomic E-state index is -0.819. The summed E-state index contributed by atoms with van der Waals surface area (Å²) in [7, 11) is 1.67. The third-order valence-electron chi connectivity index (χ3n) is 8.02. The van der Waals surface area contributed by atoms with Gasteiger partial charge in [-0.2, -0.15) is 0 Å². The SMILES string of the molecule is CCCCOCCc1sc([C@@H](C[C@H](C(C)C)N(C)C(=O)OC(C)(C)C)OC(C)=O)nc1C(=O)N[C@@H](Cc1ccccc1)C[C@H](C)C(=O)OCC. The molecule has 2 amide bonds. The highest BCUT2D eigenvalue weighted by Crippen LogP contribution is 2.33. The Morgan fingerprint density at radius 1 is 1.00 bits per heavy atom. The van der Waals surface area contributed by atoms with E-state index in [0.717, 1.165) is 18.4 Å². The predicted molar refractivity (Wildman–Crippen MR) is 195 cm³/mol. The number of thiazole rings is 1. The molecular weight excluding hydrogens is 658 g/mol. The molecule has 0 aliphatic carbocycles. The van der Waals surface area contributed by atoms with Crippen molar-refractivity contribution in [3.63, 3.8) is 0 Å². The lowest BCUT2D eigenvalue weighted by molar-refractivity contribution is -0.148. The number of rotatable bonds is 20. The van der Waals surface area contributed by atoms with E-state index in [1.807, 2.05) is 65.0 Å². The number of unbranched alkanes of at least 4 members (excludes halogenated alkanes) is 1. The van der Waals surface area contributed by atoms with Crippen molar-refractivity contribution in [3.05, 3.63) is 51.5 Å². The molecular formula is C38H59N3O8S. The third-order valence-corrected chi connectivity index (χ3v) is 9.23. The van der Waals surface area contributed by atoms with Gasteiger partial charge in [-0.1, -0.05) is 64.4 Å². The molecule has 0 aliphatic heterocycles. The Balaban J connectivity index is 2.49. The van der Waals surface area contributed by atoms with E-state index in [-0.39, 0.29) is 48.6 Å². The summed E-state index contributed by atoms with van der Waals surface area (Å²) in [6, 6.07) is 9.02. The van der Waals surface area contributed by atoms with Crippen molar-refractivity contribution in [2.45, 2.75) is 125 Å². The van der Waals surface area contributed by atoms with Gasteiger partial charge < -0.3 is 29.2 Å². The molecule has 1 aromatic carbocycles. The van der Waals surface area contributed by atoms with E-state index >= 15 is 0 Å². The van der Waals surface area contributed by atoms with Crippen LogP contribution in [-0.2, 0) is 41.4 Å². The van der Waals surface area contributed by atoms with Crippen LogP contribution in [0.4, 0.5) is 4.79 Å². The van der Waals surface area contributed by atoms with Gasteiger partial charge in [-0.25, -0.2) is 9.78 Å². The second-order valence-electron chi connectivity index (χ2n) is 14.0. The van der Waals surface area contributed by atoms with Crippen molar-refractivity contribution in [2.24, 2.45) is 11.8 Å². The highest BCUT2D eigenvalue weighted by molar-refractivity contribution is 7.12. The summed E-state index contributed by atoms with van der Waals surface area (Å²) in [5.41, 5.74) is 0.561. The van der Waals surface area contributed by atoms with Gasteiger partial charge in [0, 0.05) is 50.4 Å². The van der Waals surface area contributed by atoms with Crippen molar-refractivity contribution >= 4 is 35.3 Å². The third kappa shape index (κ3) is 14.8. The summed E-state index contributed by atoms with van der Waals surface area (Å²) in [5, 5.41) is 3.60. The van der Waals surface area contributed by atoms with Crippen LogP contribution in [0.25, 0.3) is 0 Å². The first-order chi connectivity index (χ1) is 23.6. The molecule has 0 radical (unpaired) electrons. The summed E-state index contributed by atoms with van der Waals surface area (Å²) in [6.45, 7) is 17.7. The fourth-order valence-corrected chi connectivity index (χ4v) is 6.57. The molecule has 280 valence electrons. The van der Waals surface area contributed by atoms with Crippen LogP contribution in [0.15, 0.2) is 30.3 Å². The van der Waals surface area contributed by atoms with Crippen molar-refractivity contribution in [3.8, 4) is 0 Å². The van der Waals surface area contributed by atoms with Crippen molar-refractivity contribution in [2.75, 3.05) is 26.9 Å². The van der Waals surface area contributed by atoms with E-state index in [0.29, 0.717) is 42.4 Å². The van der Waals surface area contributed by atoms with Gasteiger partial charge in [0.15, 0.2) is 6.10 Å². The molecule has 2 rings (SSSR count). The number of hydrogen-bond donors (Lipinski definition) is 1. The molecule has 4 atom stereocenters. The molecule has 0 saturated carbocycles. The number of aromatic nitrogens is 1. The molecule has 1 N–H and O–H groups in total. The van der Waals surface area contributed by atoms with Crippen LogP contribution < -0.4 is 5.32 Å². The maximum absolute atomic E-state index is 14.1. The number of carbonyl (C=O) groups excluding carboxylic acids is 4. The fraction of sp³-hybridized carbons (Fsp3) is 0.658. The Hall–Kier alpha value is -3.51. The predicted octanol–water partition coefficient (Wildman–Crippen LogP) is 7.32. The maximum atomic E-state index is 14.1. The molecule has 12 heteroatoms. The van der Waals surface area contributed by atoms with Crippen molar-refractivity contribution in [1.29, 1.82) is 0 Å². The van der Waals surface area contributed by atoms with Crippen LogP contribution in [0.1, 0.15) is 120 Å². The number of nitrogens with one attached hydrogen (secondary N) is 1. The van der Waals surface area contributed by atoms with Crippen molar-refractivity contribution in [1.82, 2.24) is 15.2 Å². The molecule has 1 heterocycles. The number of amides is 2. The van der Waals surface area contributed by atoms with Crippen LogP contribution in [0, 0.1) is 11.8 Å². The van der Waals surface area contributed by atoms with Crippen LogP contribution in [0.5, 0.6) is 0 Å². The summed E-state index contributed by atoms with van der Waals surface area (Å²) >= 11 is 1.30. The van der Waals surface area contributed by atoms with E-state index in [1.165, 1.54) is 23.2 Å². The van der Waals surface area contributed by atoms with E-state index < -0.39 is 29.7 Å². The molecule has 0 saturated heterocycles. The average Bonchev–Trinajstić information content (AvgIpc) is 3.46. The molecule has 0 aliphatic rings.